The van der Waals surface area contributed by atoms with Gasteiger partial charge in [-0.25, -0.2) is 9.97 Å². The molecule has 5 heteroatoms. The topological polar surface area (TPSA) is 25.8 Å². The van der Waals surface area contributed by atoms with Crippen molar-refractivity contribution in [3.63, 3.8) is 0 Å². The van der Waals surface area contributed by atoms with E-state index >= 15 is 0 Å². The van der Waals surface area contributed by atoms with Crippen LogP contribution in [-0.4, -0.2) is 9.97 Å². The second-order valence-corrected chi connectivity index (χ2v) is 6.35. The van der Waals surface area contributed by atoms with Crippen LogP contribution in [0.15, 0.2) is 40.9 Å². The zero-order chi connectivity index (χ0) is 15.0. The Morgan fingerprint density at radius 2 is 1.86 bits per heavy atom. The van der Waals surface area contributed by atoms with Gasteiger partial charge in [0.25, 0.3) is 0 Å². The maximum atomic E-state index is 6.32. The van der Waals surface area contributed by atoms with E-state index in [1.54, 1.807) is 0 Å². The third-order valence-electron chi connectivity index (χ3n) is 3.29. The van der Waals surface area contributed by atoms with Crippen LogP contribution in [0, 0.1) is 0 Å². The van der Waals surface area contributed by atoms with Crippen molar-refractivity contribution >= 4 is 50.0 Å². The lowest BCUT2D eigenvalue weighted by Crippen LogP contribution is -1.93. The van der Waals surface area contributed by atoms with Crippen LogP contribution in [0.4, 0.5) is 0 Å². The van der Waals surface area contributed by atoms with Gasteiger partial charge in [-0.15, -0.1) is 0 Å². The van der Waals surface area contributed by atoms with Crippen LogP contribution < -0.4 is 0 Å². The molecule has 0 saturated carbocycles. The standard InChI is InChI=1S/C16H11BrCl2N2/c1-2-9-3-6-14-12(7-9)15(19)21-16(20-14)11-5-4-10(17)8-13(11)18/h3-8H,2H2,1H3. The van der Waals surface area contributed by atoms with Gasteiger partial charge in [-0.3, -0.25) is 0 Å². The zero-order valence-electron chi connectivity index (χ0n) is 11.2. The lowest BCUT2D eigenvalue weighted by Gasteiger charge is -2.07. The molecule has 21 heavy (non-hydrogen) atoms. The Morgan fingerprint density at radius 1 is 1.05 bits per heavy atom. The van der Waals surface area contributed by atoms with E-state index in [2.05, 4.69) is 38.9 Å². The average molecular weight is 382 g/mol. The van der Waals surface area contributed by atoms with E-state index in [0.717, 1.165) is 27.4 Å². The summed E-state index contributed by atoms with van der Waals surface area (Å²) >= 11 is 16.0. The highest BCUT2D eigenvalue weighted by atomic mass is 79.9. The van der Waals surface area contributed by atoms with Crippen molar-refractivity contribution < 1.29 is 0 Å². The SMILES string of the molecule is CCc1ccc2nc(-c3ccc(Br)cc3Cl)nc(Cl)c2c1. The molecule has 0 aliphatic heterocycles. The predicted molar refractivity (Wildman–Crippen MR) is 92.1 cm³/mol. The van der Waals surface area contributed by atoms with Crippen molar-refractivity contribution in [1.82, 2.24) is 9.97 Å². The molecule has 0 aliphatic rings. The van der Waals surface area contributed by atoms with Crippen LogP contribution in [0.25, 0.3) is 22.3 Å². The largest absolute Gasteiger partial charge is 0.228 e. The molecule has 0 N–H and O–H groups in total. The smallest absolute Gasteiger partial charge is 0.162 e. The maximum absolute atomic E-state index is 6.32. The molecule has 0 atom stereocenters. The highest BCUT2D eigenvalue weighted by Gasteiger charge is 2.11. The fourth-order valence-corrected chi connectivity index (χ4v) is 3.14. The summed E-state index contributed by atoms with van der Waals surface area (Å²) in [7, 11) is 0. The summed E-state index contributed by atoms with van der Waals surface area (Å²) in [6.07, 6.45) is 0.951. The van der Waals surface area contributed by atoms with Gasteiger partial charge in [-0.2, -0.15) is 0 Å². The number of halogens is 3. The molecule has 0 radical (unpaired) electrons. The average Bonchev–Trinajstić information content (AvgIpc) is 2.47. The molecule has 0 unspecified atom stereocenters. The van der Waals surface area contributed by atoms with Crippen molar-refractivity contribution in [3.05, 3.63) is 56.6 Å². The first-order valence-electron chi connectivity index (χ1n) is 6.50. The van der Waals surface area contributed by atoms with Crippen LogP contribution in [0.3, 0.4) is 0 Å². The molecule has 0 spiro atoms. The Morgan fingerprint density at radius 3 is 2.57 bits per heavy atom. The lowest BCUT2D eigenvalue weighted by atomic mass is 10.1. The van der Waals surface area contributed by atoms with E-state index < -0.39 is 0 Å². The van der Waals surface area contributed by atoms with Gasteiger partial charge in [-0.05, 0) is 42.3 Å². The first kappa shape index (κ1) is 14.8. The summed E-state index contributed by atoms with van der Waals surface area (Å²) in [5.74, 6) is 0.536. The molecule has 2 nitrogen and oxygen atoms in total. The number of nitrogens with zero attached hydrogens (tertiary/aromatic N) is 2. The molecule has 0 fully saturated rings. The van der Waals surface area contributed by atoms with Crippen molar-refractivity contribution in [3.8, 4) is 11.4 Å². The summed E-state index contributed by atoms with van der Waals surface area (Å²) in [5.41, 5.74) is 2.80. The molecule has 0 aliphatic carbocycles. The van der Waals surface area contributed by atoms with Gasteiger partial charge in [0.2, 0.25) is 0 Å². The molecular formula is C16H11BrCl2N2. The number of benzene rings is 2. The van der Waals surface area contributed by atoms with Gasteiger partial charge in [-0.1, -0.05) is 52.1 Å². The minimum atomic E-state index is 0.448. The van der Waals surface area contributed by atoms with Crippen LogP contribution >= 0.6 is 39.1 Å². The van der Waals surface area contributed by atoms with Crippen LogP contribution in [-0.2, 0) is 6.42 Å². The third kappa shape index (κ3) is 2.91. The monoisotopic (exact) mass is 380 g/mol. The first-order valence-corrected chi connectivity index (χ1v) is 8.05. The highest BCUT2D eigenvalue weighted by molar-refractivity contribution is 9.10. The maximum Gasteiger partial charge on any atom is 0.162 e. The van der Waals surface area contributed by atoms with Gasteiger partial charge in [0, 0.05) is 15.4 Å². The van der Waals surface area contributed by atoms with Gasteiger partial charge in [0.05, 0.1) is 10.5 Å². The van der Waals surface area contributed by atoms with Gasteiger partial charge in [0.1, 0.15) is 5.15 Å². The normalized spacial score (nSPS) is 11.0. The van der Waals surface area contributed by atoms with Crippen LogP contribution in [0.1, 0.15) is 12.5 Å². The minimum absolute atomic E-state index is 0.448. The predicted octanol–water partition coefficient (Wildman–Crippen LogP) is 5.93. The Labute approximate surface area is 141 Å². The molecule has 0 bridgehead atoms. The summed E-state index contributed by atoms with van der Waals surface area (Å²) in [4.78, 5) is 8.97. The van der Waals surface area contributed by atoms with Crippen LogP contribution in [0.2, 0.25) is 10.2 Å². The van der Waals surface area contributed by atoms with Crippen molar-refractivity contribution in [2.45, 2.75) is 13.3 Å². The zero-order valence-corrected chi connectivity index (χ0v) is 14.3. The number of hydrogen-bond donors (Lipinski definition) is 0. The Hall–Kier alpha value is -1.16. The van der Waals surface area contributed by atoms with Gasteiger partial charge < -0.3 is 0 Å². The van der Waals surface area contributed by atoms with E-state index in [9.17, 15) is 0 Å². The second kappa shape index (κ2) is 5.91. The van der Waals surface area contributed by atoms with E-state index in [0.29, 0.717) is 16.0 Å². The number of rotatable bonds is 2. The Kier molecular flexibility index (Phi) is 4.16. The molecule has 1 heterocycles. The summed E-state index contributed by atoms with van der Waals surface area (Å²) in [6, 6.07) is 11.7. The van der Waals surface area contributed by atoms with Crippen molar-refractivity contribution in [2.75, 3.05) is 0 Å². The first-order chi connectivity index (χ1) is 10.1. The molecule has 0 amide bonds. The molecule has 106 valence electrons. The van der Waals surface area contributed by atoms with Crippen LogP contribution in [0.5, 0.6) is 0 Å². The van der Waals surface area contributed by atoms with E-state index in [4.69, 9.17) is 23.2 Å². The molecular weight excluding hydrogens is 371 g/mol. The lowest BCUT2D eigenvalue weighted by molar-refractivity contribution is 1.14. The minimum Gasteiger partial charge on any atom is -0.228 e. The van der Waals surface area contributed by atoms with E-state index in [1.807, 2.05) is 30.3 Å². The molecule has 2 aromatic carbocycles. The highest BCUT2D eigenvalue weighted by Crippen LogP contribution is 2.31. The van der Waals surface area contributed by atoms with E-state index in [-0.39, 0.29) is 0 Å². The Balaban J connectivity index is 2.20. The van der Waals surface area contributed by atoms with Gasteiger partial charge in [0.15, 0.2) is 5.82 Å². The Bertz CT molecular complexity index is 834. The number of hydrogen-bond acceptors (Lipinski definition) is 2. The molecule has 3 rings (SSSR count). The van der Waals surface area contributed by atoms with Gasteiger partial charge >= 0.3 is 0 Å². The summed E-state index contributed by atoms with van der Waals surface area (Å²) in [5, 5.41) is 1.90. The molecule has 1 aromatic heterocycles. The number of aromatic nitrogens is 2. The number of fused-ring (bicyclic) bond motifs is 1. The fraction of sp³-hybridized carbons (Fsp3) is 0.125. The molecule has 3 aromatic rings. The summed E-state index contributed by atoms with van der Waals surface area (Å²) < 4.78 is 0.913. The number of aryl methyl sites for hydroxylation is 1. The fourth-order valence-electron chi connectivity index (χ4n) is 2.15. The van der Waals surface area contributed by atoms with Crippen molar-refractivity contribution in [2.24, 2.45) is 0 Å². The summed E-state index contributed by atoms with van der Waals surface area (Å²) in [6.45, 7) is 2.10. The third-order valence-corrected chi connectivity index (χ3v) is 4.39. The van der Waals surface area contributed by atoms with E-state index in [1.165, 1.54) is 5.56 Å². The second-order valence-electron chi connectivity index (χ2n) is 4.67. The molecule has 0 saturated heterocycles. The quantitative estimate of drug-likeness (QED) is 0.514. The van der Waals surface area contributed by atoms with Crippen molar-refractivity contribution in [1.29, 1.82) is 0 Å².